The second kappa shape index (κ2) is 7.29. The van der Waals surface area contributed by atoms with Crippen LogP contribution in [0.15, 0.2) is 48.7 Å². The van der Waals surface area contributed by atoms with E-state index in [0.29, 0.717) is 5.69 Å². The third-order valence-electron chi connectivity index (χ3n) is 6.76. The maximum atomic E-state index is 12.9. The Bertz CT molecular complexity index is 885. The number of carbonyl (C=O) groups excluding carboxylic acids is 1. The van der Waals surface area contributed by atoms with Crippen LogP contribution in [0.5, 0.6) is 0 Å². The largest absolute Gasteiger partial charge is 0.365 e. The number of amides is 1. The van der Waals surface area contributed by atoms with Gasteiger partial charge in [-0.25, -0.2) is 9.37 Å². The second-order valence-electron chi connectivity index (χ2n) is 9.13. The lowest BCUT2D eigenvalue weighted by Gasteiger charge is -2.57. The molecule has 4 fully saturated rings. The maximum absolute atomic E-state index is 12.9. The van der Waals surface area contributed by atoms with Crippen LogP contribution in [0.25, 0.3) is 6.08 Å². The van der Waals surface area contributed by atoms with Crippen molar-refractivity contribution in [2.24, 2.45) is 17.8 Å². The molecule has 29 heavy (non-hydrogen) atoms. The summed E-state index contributed by atoms with van der Waals surface area (Å²) >= 11 is 0. The smallest absolute Gasteiger partial charge is 0.248 e. The van der Waals surface area contributed by atoms with Gasteiger partial charge in [-0.15, -0.1) is 0 Å². The highest BCUT2D eigenvalue weighted by molar-refractivity contribution is 6.01. The first kappa shape index (κ1) is 18.3. The summed E-state index contributed by atoms with van der Waals surface area (Å²) in [4.78, 5) is 16.7. The van der Waals surface area contributed by atoms with Crippen molar-refractivity contribution in [3.8, 4) is 0 Å². The molecule has 0 atom stereocenters. The van der Waals surface area contributed by atoms with Crippen LogP contribution in [0.3, 0.4) is 0 Å². The number of rotatable bonds is 5. The standard InChI is InChI=1S/C24H26FN3O/c25-20-4-1-16(2-5-20)3-8-23(29)27-21-6-7-22(26-15-21)28-24-12-17-9-18(13-24)11-19(10-17)14-24/h1-8,15,17-19H,9-14H2,(H,26,28)(H,27,29)/b8-3+. The first-order valence-corrected chi connectivity index (χ1v) is 10.5. The number of benzene rings is 1. The molecule has 4 saturated carbocycles. The van der Waals surface area contributed by atoms with Crippen LogP contribution in [-0.2, 0) is 4.79 Å². The molecule has 4 bridgehead atoms. The van der Waals surface area contributed by atoms with Crippen molar-refractivity contribution in [1.82, 2.24) is 4.98 Å². The molecule has 4 nitrogen and oxygen atoms in total. The van der Waals surface area contributed by atoms with Gasteiger partial charge in [0.2, 0.25) is 5.91 Å². The summed E-state index contributed by atoms with van der Waals surface area (Å²) < 4.78 is 12.9. The van der Waals surface area contributed by atoms with Crippen molar-refractivity contribution in [3.05, 3.63) is 60.1 Å². The summed E-state index contributed by atoms with van der Waals surface area (Å²) in [5.41, 5.74) is 1.66. The lowest BCUT2D eigenvalue weighted by Crippen LogP contribution is -2.54. The number of halogens is 1. The quantitative estimate of drug-likeness (QED) is 0.684. The van der Waals surface area contributed by atoms with E-state index < -0.39 is 0 Å². The number of aromatic nitrogens is 1. The minimum absolute atomic E-state index is 0.227. The Labute approximate surface area is 170 Å². The highest BCUT2D eigenvalue weighted by Crippen LogP contribution is 2.56. The monoisotopic (exact) mass is 391 g/mol. The predicted molar refractivity (Wildman–Crippen MR) is 113 cm³/mol. The molecule has 2 aromatic rings. The topological polar surface area (TPSA) is 54.0 Å². The molecule has 1 aromatic heterocycles. The zero-order valence-corrected chi connectivity index (χ0v) is 16.4. The van der Waals surface area contributed by atoms with E-state index in [0.717, 1.165) is 29.1 Å². The molecule has 2 N–H and O–H groups in total. The van der Waals surface area contributed by atoms with E-state index in [4.69, 9.17) is 0 Å². The molecule has 5 heteroatoms. The van der Waals surface area contributed by atoms with Crippen molar-refractivity contribution in [2.45, 2.75) is 44.1 Å². The summed E-state index contributed by atoms with van der Waals surface area (Å²) in [5, 5.41) is 6.57. The number of pyridine rings is 1. The van der Waals surface area contributed by atoms with Gasteiger partial charge >= 0.3 is 0 Å². The van der Waals surface area contributed by atoms with Gasteiger partial charge in [0, 0.05) is 11.6 Å². The summed E-state index contributed by atoms with van der Waals surface area (Å²) in [6.07, 6.45) is 12.9. The zero-order chi connectivity index (χ0) is 19.8. The Kier molecular flexibility index (Phi) is 4.61. The fraction of sp³-hybridized carbons (Fsp3) is 0.417. The van der Waals surface area contributed by atoms with Crippen LogP contribution >= 0.6 is 0 Å². The first-order chi connectivity index (χ1) is 14.1. The van der Waals surface area contributed by atoms with E-state index >= 15 is 0 Å². The summed E-state index contributed by atoms with van der Waals surface area (Å²) in [7, 11) is 0. The van der Waals surface area contributed by atoms with Crippen molar-refractivity contribution >= 4 is 23.5 Å². The van der Waals surface area contributed by atoms with Crippen LogP contribution in [0.1, 0.15) is 44.1 Å². The van der Waals surface area contributed by atoms with E-state index in [2.05, 4.69) is 15.6 Å². The van der Waals surface area contributed by atoms with E-state index in [1.165, 1.54) is 56.7 Å². The average Bonchev–Trinajstić information content (AvgIpc) is 2.68. The lowest BCUT2D eigenvalue weighted by molar-refractivity contribution is -0.111. The number of nitrogens with zero attached hydrogens (tertiary/aromatic N) is 1. The van der Waals surface area contributed by atoms with Gasteiger partial charge < -0.3 is 10.6 Å². The van der Waals surface area contributed by atoms with E-state index in [1.807, 2.05) is 12.1 Å². The van der Waals surface area contributed by atoms with Gasteiger partial charge in [-0.1, -0.05) is 12.1 Å². The summed E-state index contributed by atoms with van der Waals surface area (Å²) in [5.74, 6) is 3.03. The molecular weight excluding hydrogens is 365 g/mol. The molecule has 4 aliphatic rings. The lowest BCUT2D eigenvalue weighted by atomic mass is 9.53. The Morgan fingerprint density at radius 3 is 2.24 bits per heavy atom. The molecule has 1 aromatic carbocycles. The number of hydrogen-bond donors (Lipinski definition) is 2. The van der Waals surface area contributed by atoms with Crippen LogP contribution in [0, 0.1) is 23.6 Å². The molecule has 0 saturated heterocycles. The molecule has 6 rings (SSSR count). The number of nitrogens with one attached hydrogen (secondary N) is 2. The molecular formula is C24H26FN3O. The molecule has 0 aliphatic heterocycles. The van der Waals surface area contributed by atoms with E-state index in [-0.39, 0.29) is 17.3 Å². The normalized spacial score (nSPS) is 29.9. The molecule has 0 radical (unpaired) electrons. The highest BCUT2D eigenvalue weighted by Gasteiger charge is 2.51. The van der Waals surface area contributed by atoms with Crippen molar-refractivity contribution in [1.29, 1.82) is 0 Å². The molecule has 1 amide bonds. The molecule has 0 unspecified atom stereocenters. The van der Waals surface area contributed by atoms with Gasteiger partial charge in [-0.05, 0) is 92.2 Å². The van der Waals surface area contributed by atoms with Crippen LogP contribution in [0.4, 0.5) is 15.9 Å². The summed E-state index contributed by atoms with van der Waals surface area (Å²) in [6, 6.07) is 9.85. The maximum Gasteiger partial charge on any atom is 0.248 e. The van der Waals surface area contributed by atoms with Gasteiger partial charge in [0.15, 0.2) is 0 Å². The Morgan fingerprint density at radius 1 is 1.00 bits per heavy atom. The Balaban J connectivity index is 1.19. The Morgan fingerprint density at radius 2 is 1.66 bits per heavy atom. The van der Waals surface area contributed by atoms with Gasteiger partial charge in [-0.3, -0.25) is 4.79 Å². The first-order valence-electron chi connectivity index (χ1n) is 10.5. The highest BCUT2D eigenvalue weighted by atomic mass is 19.1. The van der Waals surface area contributed by atoms with E-state index in [9.17, 15) is 9.18 Å². The summed E-state index contributed by atoms with van der Waals surface area (Å²) in [6.45, 7) is 0. The third-order valence-corrected chi connectivity index (χ3v) is 6.76. The van der Waals surface area contributed by atoms with Crippen LogP contribution < -0.4 is 10.6 Å². The minimum Gasteiger partial charge on any atom is -0.365 e. The number of anilines is 2. The Hall–Kier alpha value is -2.69. The predicted octanol–water partition coefficient (Wildman–Crippen LogP) is 5.25. The average molecular weight is 391 g/mol. The fourth-order valence-corrected chi connectivity index (χ4v) is 6.01. The number of carbonyl (C=O) groups is 1. The van der Waals surface area contributed by atoms with Gasteiger partial charge in [0.1, 0.15) is 11.6 Å². The fourth-order valence-electron chi connectivity index (χ4n) is 6.01. The van der Waals surface area contributed by atoms with Gasteiger partial charge in [0.05, 0.1) is 11.9 Å². The van der Waals surface area contributed by atoms with Crippen LogP contribution in [0.2, 0.25) is 0 Å². The van der Waals surface area contributed by atoms with Crippen molar-refractivity contribution in [3.63, 3.8) is 0 Å². The SMILES string of the molecule is O=C(/C=C/c1ccc(F)cc1)Nc1ccc(NC23CC4CC(CC(C4)C2)C3)nc1. The zero-order valence-electron chi connectivity index (χ0n) is 16.4. The van der Waals surface area contributed by atoms with Crippen molar-refractivity contribution in [2.75, 3.05) is 10.6 Å². The second-order valence-corrected chi connectivity index (χ2v) is 9.13. The third kappa shape index (κ3) is 4.04. The van der Waals surface area contributed by atoms with Gasteiger partial charge in [-0.2, -0.15) is 0 Å². The molecule has 1 heterocycles. The number of hydrogen-bond acceptors (Lipinski definition) is 3. The van der Waals surface area contributed by atoms with Gasteiger partial charge in [0.25, 0.3) is 0 Å². The molecule has 4 aliphatic carbocycles. The van der Waals surface area contributed by atoms with Crippen LogP contribution in [-0.4, -0.2) is 16.4 Å². The molecule has 150 valence electrons. The minimum atomic E-state index is -0.292. The van der Waals surface area contributed by atoms with Crippen molar-refractivity contribution < 1.29 is 9.18 Å². The molecule has 0 spiro atoms. The van der Waals surface area contributed by atoms with E-state index in [1.54, 1.807) is 24.4 Å².